The van der Waals surface area contributed by atoms with Crippen LogP contribution in [-0.2, 0) is 22.6 Å². The van der Waals surface area contributed by atoms with Crippen LogP contribution in [0.2, 0.25) is 0 Å². The maximum absolute atomic E-state index is 13.5. The smallest absolute Gasteiger partial charge is 0.324 e. The van der Waals surface area contributed by atoms with Gasteiger partial charge in [-0.1, -0.05) is 25.8 Å². The monoisotopic (exact) mass is 465 g/mol. The molecule has 1 aliphatic rings. The van der Waals surface area contributed by atoms with E-state index < -0.39 is 26.5 Å². The fourth-order valence-corrected chi connectivity index (χ4v) is 4.89. The van der Waals surface area contributed by atoms with Gasteiger partial charge >= 0.3 is 6.18 Å². The molecule has 7 nitrogen and oxygen atoms in total. The third-order valence-corrected chi connectivity index (χ3v) is 7.01. The van der Waals surface area contributed by atoms with Crippen LogP contribution in [0.15, 0.2) is 47.5 Å². The van der Waals surface area contributed by atoms with Gasteiger partial charge in [-0.15, -0.1) is 0 Å². The van der Waals surface area contributed by atoms with Crippen molar-refractivity contribution in [2.45, 2.75) is 49.7 Å². The highest BCUT2D eigenvalue weighted by molar-refractivity contribution is 7.94. The van der Waals surface area contributed by atoms with Gasteiger partial charge in [-0.05, 0) is 37.0 Å². The Morgan fingerprint density at radius 3 is 2.62 bits per heavy atom. The minimum atomic E-state index is -4.87. The first kappa shape index (κ1) is 22.3. The van der Waals surface area contributed by atoms with E-state index in [9.17, 15) is 21.6 Å². The molecule has 1 aliphatic carbocycles. The zero-order chi connectivity index (χ0) is 22.9. The van der Waals surface area contributed by atoms with Crippen LogP contribution in [0, 0.1) is 5.92 Å². The summed E-state index contributed by atoms with van der Waals surface area (Å²) in [6.45, 7) is 3.83. The summed E-state index contributed by atoms with van der Waals surface area (Å²) in [7, 11) is -4.27. The Morgan fingerprint density at radius 1 is 1.19 bits per heavy atom. The van der Waals surface area contributed by atoms with Crippen LogP contribution in [0.1, 0.15) is 37.7 Å². The summed E-state index contributed by atoms with van der Waals surface area (Å²) < 4.78 is 66.3. The molecule has 3 aromatic rings. The van der Waals surface area contributed by atoms with Crippen LogP contribution in [0.25, 0.3) is 11.0 Å². The Bertz CT molecular complexity index is 1250. The van der Waals surface area contributed by atoms with E-state index in [0.29, 0.717) is 17.0 Å². The van der Waals surface area contributed by atoms with E-state index in [2.05, 4.69) is 27.0 Å². The van der Waals surface area contributed by atoms with Gasteiger partial charge in [-0.3, -0.25) is 0 Å². The number of anilines is 2. The van der Waals surface area contributed by atoms with E-state index in [-0.39, 0.29) is 11.6 Å². The Balaban J connectivity index is 1.64. The number of aromatic nitrogens is 4. The van der Waals surface area contributed by atoms with Gasteiger partial charge in [0.25, 0.3) is 0 Å². The number of halogens is 3. The van der Waals surface area contributed by atoms with Crippen LogP contribution in [0.5, 0.6) is 0 Å². The summed E-state index contributed by atoms with van der Waals surface area (Å²) in [5, 5.41) is 8.36. The molecule has 1 N–H and O–H groups in total. The first-order valence-corrected chi connectivity index (χ1v) is 11.8. The largest absolute Gasteiger partial charge is 0.417 e. The van der Waals surface area contributed by atoms with E-state index in [4.69, 9.17) is 0 Å². The van der Waals surface area contributed by atoms with Gasteiger partial charge in [0.05, 0.1) is 22.0 Å². The Morgan fingerprint density at radius 2 is 1.94 bits per heavy atom. The maximum Gasteiger partial charge on any atom is 0.417 e. The summed E-state index contributed by atoms with van der Waals surface area (Å²) in [4.78, 5) is 7.73. The van der Waals surface area contributed by atoms with Crippen LogP contribution >= 0.6 is 0 Å². The summed E-state index contributed by atoms with van der Waals surface area (Å²) >= 11 is 0. The summed E-state index contributed by atoms with van der Waals surface area (Å²) in [5.41, 5.74) is -0.682. The molecule has 2 aromatic heterocycles. The molecule has 0 bridgehead atoms. The number of rotatable bonds is 6. The minimum absolute atomic E-state index is 0.0121. The molecule has 0 unspecified atom stereocenters. The van der Waals surface area contributed by atoms with Crippen molar-refractivity contribution >= 4 is 32.5 Å². The Labute approximate surface area is 183 Å². The lowest BCUT2D eigenvalue weighted by Crippen LogP contribution is -2.15. The van der Waals surface area contributed by atoms with Gasteiger partial charge in [-0.2, -0.15) is 23.3 Å². The minimum Gasteiger partial charge on any atom is -0.324 e. The molecule has 0 aliphatic heterocycles. The number of alkyl halides is 3. The molecular weight excluding hydrogens is 443 g/mol. The number of nitrogens with zero attached hydrogens (tertiary/aromatic N) is 4. The summed E-state index contributed by atoms with van der Waals surface area (Å²) in [6.07, 6.45) is 4.27. The summed E-state index contributed by atoms with van der Waals surface area (Å²) in [5.74, 6) is 0.613. The first-order chi connectivity index (χ1) is 15.2. The van der Waals surface area contributed by atoms with E-state index in [1.165, 1.54) is 25.3 Å². The van der Waals surface area contributed by atoms with E-state index in [1.807, 2.05) is 0 Å². The second-order valence-corrected chi connectivity index (χ2v) is 9.71. The van der Waals surface area contributed by atoms with Gasteiger partial charge in [0.2, 0.25) is 5.95 Å². The average Bonchev–Trinajstić information content (AvgIpc) is 3.16. The van der Waals surface area contributed by atoms with Crippen molar-refractivity contribution in [1.82, 2.24) is 19.7 Å². The third kappa shape index (κ3) is 4.62. The molecule has 1 fully saturated rings. The number of sulfone groups is 1. The standard InChI is InChI=1S/C21H22F3N5O2S/c1-2-32(30,31)18-9-8-16(10-17(18)21(22,23)24)27-20-25-11-15-12-26-29(19(15)28-20)13-14-6-4-3-5-7-14/h2,8-12,14H,1,3-7,13H2,(H,25,27,28). The molecule has 1 saturated carbocycles. The fourth-order valence-electron chi connectivity index (χ4n) is 3.97. The van der Waals surface area contributed by atoms with Crippen LogP contribution < -0.4 is 5.32 Å². The topological polar surface area (TPSA) is 89.8 Å². The predicted octanol–water partition coefficient (Wildman–Crippen LogP) is 5.09. The highest BCUT2D eigenvalue weighted by atomic mass is 32.2. The molecule has 0 amide bonds. The molecule has 11 heteroatoms. The molecule has 0 saturated heterocycles. The van der Waals surface area contributed by atoms with Gasteiger partial charge in [0, 0.05) is 23.8 Å². The average molecular weight is 466 g/mol. The van der Waals surface area contributed by atoms with Gasteiger partial charge in [-0.25, -0.2) is 18.1 Å². The second-order valence-electron chi connectivity index (χ2n) is 7.85. The van der Waals surface area contributed by atoms with Crippen molar-refractivity contribution in [2.24, 2.45) is 5.92 Å². The maximum atomic E-state index is 13.5. The zero-order valence-electron chi connectivity index (χ0n) is 17.1. The normalized spacial score (nSPS) is 15.7. The van der Waals surface area contributed by atoms with Gasteiger partial charge < -0.3 is 5.32 Å². The molecule has 32 heavy (non-hydrogen) atoms. The van der Waals surface area contributed by atoms with Crippen molar-refractivity contribution in [3.8, 4) is 0 Å². The molecule has 0 radical (unpaired) electrons. The number of hydrogen-bond acceptors (Lipinski definition) is 6. The van der Waals surface area contributed by atoms with Crippen LogP contribution in [0.3, 0.4) is 0 Å². The fraction of sp³-hybridized carbons (Fsp3) is 0.381. The lowest BCUT2D eigenvalue weighted by molar-refractivity contribution is -0.139. The van der Waals surface area contributed by atoms with Crippen LogP contribution in [0.4, 0.5) is 24.8 Å². The molecular formula is C21H22F3N5O2S. The number of nitrogens with one attached hydrogen (secondary N) is 1. The lowest BCUT2D eigenvalue weighted by Gasteiger charge is -2.21. The van der Waals surface area contributed by atoms with Crippen LogP contribution in [-0.4, -0.2) is 28.2 Å². The molecule has 0 atom stereocenters. The zero-order valence-corrected chi connectivity index (χ0v) is 18.0. The van der Waals surface area contributed by atoms with Gasteiger partial charge in [0.1, 0.15) is 0 Å². The third-order valence-electron chi connectivity index (χ3n) is 5.60. The second kappa shape index (κ2) is 8.53. The molecule has 4 rings (SSSR count). The number of fused-ring (bicyclic) bond motifs is 1. The van der Waals surface area contributed by atoms with E-state index >= 15 is 0 Å². The van der Waals surface area contributed by atoms with Crippen molar-refractivity contribution in [1.29, 1.82) is 0 Å². The van der Waals surface area contributed by atoms with Crippen molar-refractivity contribution in [3.63, 3.8) is 0 Å². The lowest BCUT2D eigenvalue weighted by atomic mass is 9.89. The molecule has 1 aromatic carbocycles. The summed E-state index contributed by atoms with van der Waals surface area (Å²) in [6, 6.07) is 2.86. The quantitative estimate of drug-likeness (QED) is 0.546. The number of hydrogen-bond donors (Lipinski definition) is 1. The number of benzene rings is 1. The predicted molar refractivity (Wildman–Crippen MR) is 114 cm³/mol. The van der Waals surface area contributed by atoms with Crippen molar-refractivity contribution in [3.05, 3.63) is 48.1 Å². The molecule has 170 valence electrons. The van der Waals surface area contributed by atoms with Crippen molar-refractivity contribution in [2.75, 3.05) is 5.32 Å². The molecule has 0 spiro atoms. The van der Waals surface area contributed by atoms with E-state index in [0.717, 1.165) is 36.9 Å². The van der Waals surface area contributed by atoms with Crippen molar-refractivity contribution < 1.29 is 21.6 Å². The Kier molecular flexibility index (Phi) is 5.93. The Hall–Kier alpha value is -2.95. The molecule has 2 heterocycles. The van der Waals surface area contributed by atoms with E-state index in [1.54, 1.807) is 17.1 Å². The van der Waals surface area contributed by atoms with Gasteiger partial charge in [0.15, 0.2) is 15.5 Å². The highest BCUT2D eigenvalue weighted by Crippen LogP contribution is 2.37. The highest BCUT2D eigenvalue weighted by Gasteiger charge is 2.36. The SMILES string of the molecule is C=CS(=O)(=O)c1ccc(Nc2ncc3cnn(CC4CCCCC4)c3n2)cc1C(F)(F)F. The first-order valence-electron chi connectivity index (χ1n) is 10.2.